The third-order valence-electron chi connectivity index (χ3n) is 3.36. The Balaban J connectivity index is 2.42. The Bertz CT molecular complexity index is 716. The van der Waals surface area contributed by atoms with Crippen molar-refractivity contribution in [3.8, 4) is 5.75 Å². The summed E-state index contributed by atoms with van der Waals surface area (Å²) in [6.07, 6.45) is -1.88. The fraction of sp³-hybridized carbons (Fsp3) is 0.312. The predicted molar refractivity (Wildman–Crippen MR) is 88.1 cm³/mol. The van der Waals surface area contributed by atoms with E-state index in [2.05, 4.69) is 4.74 Å². The maximum absolute atomic E-state index is 13.4. The SMILES string of the molecule is COC=C(C(=O)OC)C1=CN(c2ccc(OC)cc2C(F)(F)F)CS1. The molecule has 1 aromatic carbocycles. The smallest absolute Gasteiger partial charge is 0.418 e. The van der Waals surface area contributed by atoms with Crippen LogP contribution in [0.3, 0.4) is 0 Å². The molecule has 9 heteroatoms. The molecule has 0 atom stereocenters. The van der Waals surface area contributed by atoms with Crippen molar-refractivity contribution in [2.45, 2.75) is 6.18 Å². The van der Waals surface area contributed by atoms with E-state index in [9.17, 15) is 18.0 Å². The number of anilines is 1. The van der Waals surface area contributed by atoms with E-state index in [-0.39, 0.29) is 22.9 Å². The molecule has 0 unspecified atom stereocenters. The van der Waals surface area contributed by atoms with E-state index in [0.717, 1.165) is 6.07 Å². The average Bonchev–Trinajstić information content (AvgIpc) is 3.07. The molecule has 0 spiro atoms. The summed E-state index contributed by atoms with van der Waals surface area (Å²) in [6.45, 7) is 0. The maximum atomic E-state index is 13.4. The molecular formula is C16H16F3NO4S. The lowest BCUT2D eigenvalue weighted by Gasteiger charge is -2.21. The summed E-state index contributed by atoms with van der Waals surface area (Å²) in [5.74, 6) is -0.308. The van der Waals surface area contributed by atoms with Gasteiger partial charge in [-0.3, -0.25) is 0 Å². The number of hydrogen-bond acceptors (Lipinski definition) is 6. The second kappa shape index (κ2) is 7.73. The summed E-state index contributed by atoms with van der Waals surface area (Å²) < 4.78 is 54.5. The van der Waals surface area contributed by atoms with Gasteiger partial charge in [-0.05, 0) is 18.2 Å². The van der Waals surface area contributed by atoms with Crippen molar-refractivity contribution in [2.75, 3.05) is 32.1 Å². The van der Waals surface area contributed by atoms with Crippen molar-refractivity contribution in [3.05, 3.63) is 46.7 Å². The highest BCUT2D eigenvalue weighted by Gasteiger charge is 2.36. The van der Waals surface area contributed by atoms with E-state index >= 15 is 0 Å². The lowest BCUT2D eigenvalue weighted by Crippen LogP contribution is -2.17. The number of alkyl halides is 3. The molecule has 0 N–H and O–H groups in total. The molecule has 136 valence electrons. The summed E-state index contributed by atoms with van der Waals surface area (Å²) >= 11 is 1.21. The van der Waals surface area contributed by atoms with Gasteiger partial charge in [-0.2, -0.15) is 13.2 Å². The fourth-order valence-corrected chi connectivity index (χ4v) is 3.18. The molecule has 2 rings (SSSR count). The maximum Gasteiger partial charge on any atom is 0.418 e. The summed E-state index contributed by atoms with van der Waals surface area (Å²) in [4.78, 5) is 13.7. The largest absolute Gasteiger partial charge is 0.503 e. The van der Waals surface area contributed by atoms with E-state index in [1.807, 2.05) is 0 Å². The van der Waals surface area contributed by atoms with Gasteiger partial charge in [0.05, 0.1) is 44.7 Å². The fourth-order valence-electron chi connectivity index (χ4n) is 2.20. The van der Waals surface area contributed by atoms with Gasteiger partial charge in [0, 0.05) is 11.1 Å². The van der Waals surface area contributed by atoms with Crippen molar-refractivity contribution in [1.29, 1.82) is 0 Å². The third kappa shape index (κ3) is 4.22. The second-order valence-corrected chi connectivity index (χ2v) is 5.86. The molecule has 0 saturated carbocycles. The Hall–Kier alpha value is -2.29. The molecule has 1 aliphatic rings. The van der Waals surface area contributed by atoms with Crippen LogP contribution in [0, 0.1) is 0 Å². The van der Waals surface area contributed by atoms with Gasteiger partial charge >= 0.3 is 12.1 Å². The summed E-state index contributed by atoms with van der Waals surface area (Å²) in [7, 11) is 3.89. The zero-order valence-corrected chi connectivity index (χ0v) is 14.5. The second-order valence-electron chi connectivity index (χ2n) is 4.88. The average molecular weight is 375 g/mol. The van der Waals surface area contributed by atoms with Crippen LogP contribution in [0.1, 0.15) is 5.56 Å². The lowest BCUT2D eigenvalue weighted by atomic mass is 10.1. The van der Waals surface area contributed by atoms with Crippen molar-refractivity contribution < 1.29 is 32.2 Å². The number of methoxy groups -OCH3 is 3. The molecule has 1 heterocycles. The highest BCUT2D eigenvalue weighted by Crippen LogP contribution is 2.42. The molecule has 0 radical (unpaired) electrons. The highest BCUT2D eigenvalue weighted by molar-refractivity contribution is 8.03. The van der Waals surface area contributed by atoms with Gasteiger partial charge in [0.2, 0.25) is 0 Å². The van der Waals surface area contributed by atoms with Gasteiger partial charge in [-0.1, -0.05) is 0 Å². The summed E-state index contributed by atoms with van der Waals surface area (Å²) in [5.41, 5.74) is -0.711. The van der Waals surface area contributed by atoms with Gasteiger partial charge in [0.1, 0.15) is 11.3 Å². The Morgan fingerprint density at radius 1 is 1.28 bits per heavy atom. The van der Waals surface area contributed by atoms with Crippen LogP contribution in [0.2, 0.25) is 0 Å². The number of rotatable bonds is 5. The van der Waals surface area contributed by atoms with Crippen LogP contribution >= 0.6 is 11.8 Å². The van der Waals surface area contributed by atoms with E-state index in [1.165, 1.54) is 62.6 Å². The molecule has 0 aromatic heterocycles. The number of nitrogens with zero attached hydrogens (tertiary/aromatic N) is 1. The van der Waals surface area contributed by atoms with Crippen molar-refractivity contribution in [3.63, 3.8) is 0 Å². The molecule has 0 fully saturated rings. The molecule has 0 saturated heterocycles. The molecule has 1 aromatic rings. The van der Waals surface area contributed by atoms with Gasteiger partial charge in [-0.25, -0.2) is 4.79 Å². The lowest BCUT2D eigenvalue weighted by molar-refractivity contribution is -0.137. The number of esters is 1. The predicted octanol–water partition coefficient (Wildman–Crippen LogP) is 3.77. The van der Waals surface area contributed by atoms with Gasteiger partial charge in [0.15, 0.2) is 0 Å². The van der Waals surface area contributed by atoms with Crippen LogP contribution in [0.25, 0.3) is 0 Å². The van der Waals surface area contributed by atoms with Crippen molar-refractivity contribution in [2.24, 2.45) is 0 Å². The first-order valence-electron chi connectivity index (χ1n) is 7.00. The number of hydrogen-bond donors (Lipinski definition) is 0. The minimum absolute atomic E-state index is 0.0302. The zero-order chi connectivity index (χ0) is 18.6. The Kier molecular flexibility index (Phi) is 5.89. The number of carbonyl (C=O) groups excluding carboxylic acids is 1. The minimum Gasteiger partial charge on any atom is -0.503 e. The molecule has 1 aliphatic heterocycles. The van der Waals surface area contributed by atoms with Gasteiger partial charge in [-0.15, -0.1) is 11.8 Å². The number of carbonyl (C=O) groups is 1. The molecule has 0 bridgehead atoms. The van der Waals surface area contributed by atoms with E-state index in [0.29, 0.717) is 4.91 Å². The van der Waals surface area contributed by atoms with E-state index < -0.39 is 17.7 Å². The Morgan fingerprint density at radius 2 is 2.00 bits per heavy atom. The van der Waals surface area contributed by atoms with Crippen LogP contribution < -0.4 is 9.64 Å². The quantitative estimate of drug-likeness (QED) is 0.444. The van der Waals surface area contributed by atoms with E-state index in [1.54, 1.807) is 0 Å². The van der Waals surface area contributed by atoms with E-state index in [4.69, 9.17) is 9.47 Å². The third-order valence-corrected chi connectivity index (χ3v) is 4.40. The number of ether oxygens (including phenoxy) is 3. The Morgan fingerprint density at radius 3 is 2.56 bits per heavy atom. The number of halogens is 3. The number of thioether (sulfide) groups is 1. The summed E-state index contributed by atoms with van der Waals surface area (Å²) in [5, 5.41) is 0. The monoisotopic (exact) mass is 375 g/mol. The molecular weight excluding hydrogens is 359 g/mol. The molecule has 25 heavy (non-hydrogen) atoms. The topological polar surface area (TPSA) is 48.0 Å². The molecule has 0 amide bonds. The first-order chi connectivity index (χ1) is 11.8. The normalized spacial score (nSPS) is 15.0. The standard InChI is InChI=1S/C16H16F3NO4S/c1-22-8-11(15(21)24-3)14-7-20(9-25-14)13-5-4-10(23-2)6-12(13)16(17,18)19/h4-8H,9H2,1-3H3. The number of benzene rings is 1. The van der Waals surface area contributed by atoms with Crippen molar-refractivity contribution in [1.82, 2.24) is 0 Å². The van der Waals surface area contributed by atoms with Gasteiger partial charge < -0.3 is 19.1 Å². The van der Waals surface area contributed by atoms with Crippen LogP contribution in [0.5, 0.6) is 5.75 Å². The molecule has 5 nitrogen and oxygen atoms in total. The zero-order valence-electron chi connectivity index (χ0n) is 13.7. The van der Waals surface area contributed by atoms with Crippen LogP contribution in [0.15, 0.2) is 41.1 Å². The van der Waals surface area contributed by atoms with Gasteiger partial charge in [0.25, 0.3) is 0 Å². The van der Waals surface area contributed by atoms with Crippen molar-refractivity contribution >= 4 is 23.4 Å². The highest BCUT2D eigenvalue weighted by atomic mass is 32.2. The first kappa shape index (κ1) is 19.0. The minimum atomic E-state index is -4.54. The Labute approximate surface area is 147 Å². The van der Waals surface area contributed by atoms with Crippen LogP contribution in [0.4, 0.5) is 18.9 Å². The van der Waals surface area contributed by atoms with Crippen LogP contribution in [-0.4, -0.2) is 33.2 Å². The molecule has 0 aliphatic carbocycles. The first-order valence-corrected chi connectivity index (χ1v) is 7.98. The summed E-state index contributed by atoms with van der Waals surface area (Å²) in [6, 6.07) is 3.73. The van der Waals surface area contributed by atoms with Crippen LogP contribution in [-0.2, 0) is 20.4 Å².